The van der Waals surface area contributed by atoms with Crippen LogP contribution in [0.2, 0.25) is 0 Å². The van der Waals surface area contributed by atoms with Crippen LogP contribution >= 0.6 is 0 Å². The van der Waals surface area contributed by atoms with E-state index in [1.807, 2.05) is 37.1 Å². The van der Waals surface area contributed by atoms with Crippen LogP contribution in [-0.2, 0) is 6.42 Å². The minimum Gasteiger partial charge on any atom is -0.285 e. The number of benzene rings is 1. The molecule has 96 valence electrons. The van der Waals surface area contributed by atoms with Crippen molar-refractivity contribution in [2.24, 2.45) is 0 Å². The SMILES string of the molecule is C#C[C@]1(C)CN1n1c(CC)nc2ccccc2c1=O. The molecule has 0 spiro atoms. The van der Waals surface area contributed by atoms with Crippen molar-refractivity contribution in [2.45, 2.75) is 25.8 Å². The molecule has 1 aliphatic rings. The highest BCUT2D eigenvalue weighted by Gasteiger charge is 2.48. The summed E-state index contributed by atoms with van der Waals surface area (Å²) in [6.45, 7) is 4.63. The third-order valence-electron chi connectivity index (χ3n) is 3.61. The van der Waals surface area contributed by atoms with E-state index in [9.17, 15) is 4.79 Å². The smallest absolute Gasteiger partial charge is 0.280 e. The Morgan fingerprint density at radius 2 is 2.21 bits per heavy atom. The Morgan fingerprint density at radius 1 is 1.47 bits per heavy atom. The lowest BCUT2D eigenvalue weighted by Crippen LogP contribution is -2.36. The van der Waals surface area contributed by atoms with Gasteiger partial charge in [0.1, 0.15) is 11.4 Å². The normalized spacial score (nSPS) is 21.4. The van der Waals surface area contributed by atoms with E-state index in [1.165, 1.54) is 0 Å². The van der Waals surface area contributed by atoms with Crippen molar-refractivity contribution >= 4 is 10.9 Å². The largest absolute Gasteiger partial charge is 0.285 e. The number of nitrogens with zero attached hydrogens (tertiary/aromatic N) is 3. The van der Waals surface area contributed by atoms with Crippen LogP contribution in [0.3, 0.4) is 0 Å². The van der Waals surface area contributed by atoms with Crippen LogP contribution < -0.4 is 10.6 Å². The van der Waals surface area contributed by atoms with E-state index in [2.05, 4.69) is 10.9 Å². The average Bonchev–Trinajstić information content (AvgIpc) is 3.11. The molecule has 0 N–H and O–H groups in total. The van der Waals surface area contributed by atoms with Gasteiger partial charge in [0.2, 0.25) is 0 Å². The van der Waals surface area contributed by atoms with Gasteiger partial charge in [-0.3, -0.25) is 9.80 Å². The fourth-order valence-electron chi connectivity index (χ4n) is 2.32. The molecule has 4 nitrogen and oxygen atoms in total. The summed E-state index contributed by atoms with van der Waals surface area (Å²) >= 11 is 0. The lowest BCUT2D eigenvalue weighted by molar-refractivity contribution is 0.667. The van der Waals surface area contributed by atoms with Crippen LogP contribution in [0.25, 0.3) is 10.9 Å². The first kappa shape index (κ1) is 11.8. The fourth-order valence-corrected chi connectivity index (χ4v) is 2.32. The second-order valence-corrected chi connectivity index (χ2v) is 4.99. The molecule has 0 saturated carbocycles. The van der Waals surface area contributed by atoms with Gasteiger partial charge in [0.15, 0.2) is 0 Å². The molecule has 0 bridgehead atoms. The quantitative estimate of drug-likeness (QED) is 0.598. The number of hydrogen-bond acceptors (Lipinski definition) is 3. The van der Waals surface area contributed by atoms with Gasteiger partial charge >= 0.3 is 0 Å². The van der Waals surface area contributed by atoms with Crippen LogP contribution in [0.15, 0.2) is 29.1 Å². The Kier molecular flexibility index (Phi) is 2.39. The molecular weight excluding hydrogens is 238 g/mol. The molecule has 1 atom stereocenters. The maximum Gasteiger partial charge on any atom is 0.280 e. The van der Waals surface area contributed by atoms with E-state index in [0.29, 0.717) is 18.4 Å². The third-order valence-corrected chi connectivity index (χ3v) is 3.61. The van der Waals surface area contributed by atoms with Crippen LogP contribution in [0.1, 0.15) is 19.7 Å². The van der Waals surface area contributed by atoms with Crippen molar-refractivity contribution < 1.29 is 0 Å². The molecule has 1 saturated heterocycles. The zero-order valence-electron chi connectivity index (χ0n) is 11.1. The minimum atomic E-state index is -0.363. The molecule has 2 heterocycles. The summed E-state index contributed by atoms with van der Waals surface area (Å²) in [6, 6.07) is 7.41. The molecule has 19 heavy (non-hydrogen) atoms. The second kappa shape index (κ2) is 3.86. The summed E-state index contributed by atoms with van der Waals surface area (Å²) in [6.07, 6.45) is 6.21. The van der Waals surface area contributed by atoms with Crippen LogP contribution in [0.5, 0.6) is 0 Å². The molecule has 0 unspecified atom stereocenters. The molecule has 0 radical (unpaired) electrons. The number of para-hydroxylation sites is 1. The van der Waals surface area contributed by atoms with E-state index in [-0.39, 0.29) is 11.1 Å². The van der Waals surface area contributed by atoms with Crippen molar-refractivity contribution in [1.29, 1.82) is 0 Å². The van der Waals surface area contributed by atoms with Gasteiger partial charge in [0, 0.05) is 6.42 Å². The predicted octanol–water partition coefficient (Wildman–Crippen LogP) is 1.30. The van der Waals surface area contributed by atoms with Crippen molar-refractivity contribution in [2.75, 3.05) is 11.6 Å². The topological polar surface area (TPSA) is 37.9 Å². The van der Waals surface area contributed by atoms with Gasteiger partial charge in [-0.05, 0) is 19.1 Å². The monoisotopic (exact) mass is 253 g/mol. The molecular formula is C15H15N3O. The molecule has 0 amide bonds. The van der Waals surface area contributed by atoms with Gasteiger partial charge in [-0.25, -0.2) is 9.66 Å². The maximum absolute atomic E-state index is 12.6. The molecule has 2 aromatic rings. The summed E-state index contributed by atoms with van der Waals surface area (Å²) in [5.74, 6) is 3.48. The minimum absolute atomic E-state index is 0.0403. The first-order chi connectivity index (χ1) is 9.10. The van der Waals surface area contributed by atoms with Gasteiger partial charge in [-0.15, -0.1) is 6.42 Å². The summed E-state index contributed by atoms with van der Waals surface area (Å²) in [5, 5.41) is 2.53. The number of aryl methyl sites for hydroxylation is 1. The molecule has 1 fully saturated rings. The summed E-state index contributed by atoms with van der Waals surface area (Å²) in [7, 11) is 0. The summed E-state index contributed by atoms with van der Waals surface area (Å²) < 4.78 is 1.64. The number of fused-ring (bicyclic) bond motifs is 1. The molecule has 0 aliphatic carbocycles. The Bertz CT molecular complexity index is 756. The van der Waals surface area contributed by atoms with Gasteiger partial charge in [0.25, 0.3) is 5.56 Å². The Labute approximate surface area is 111 Å². The fraction of sp³-hybridized carbons (Fsp3) is 0.333. The first-order valence-corrected chi connectivity index (χ1v) is 6.37. The Morgan fingerprint density at radius 3 is 2.84 bits per heavy atom. The van der Waals surface area contributed by atoms with Crippen LogP contribution in [-0.4, -0.2) is 21.7 Å². The highest BCUT2D eigenvalue weighted by molar-refractivity contribution is 5.77. The molecule has 1 aliphatic heterocycles. The lowest BCUT2D eigenvalue weighted by atomic mass is 10.2. The highest BCUT2D eigenvalue weighted by Crippen LogP contribution is 2.28. The zero-order valence-corrected chi connectivity index (χ0v) is 11.1. The summed E-state index contributed by atoms with van der Waals surface area (Å²) in [5.41, 5.74) is 0.337. The highest BCUT2D eigenvalue weighted by atomic mass is 16.1. The van der Waals surface area contributed by atoms with E-state index in [1.54, 1.807) is 10.7 Å². The zero-order chi connectivity index (χ0) is 13.6. The van der Waals surface area contributed by atoms with Gasteiger partial charge in [-0.2, -0.15) is 0 Å². The van der Waals surface area contributed by atoms with Crippen molar-refractivity contribution in [3.63, 3.8) is 0 Å². The number of aromatic nitrogens is 2. The third kappa shape index (κ3) is 1.62. The summed E-state index contributed by atoms with van der Waals surface area (Å²) in [4.78, 5) is 17.2. The Hall–Kier alpha value is -2.28. The predicted molar refractivity (Wildman–Crippen MR) is 75.7 cm³/mol. The van der Waals surface area contributed by atoms with Crippen LogP contribution in [0.4, 0.5) is 0 Å². The van der Waals surface area contributed by atoms with Gasteiger partial charge in [-0.1, -0.05) is 25.0 Å². The standard InChI is InChI=1S/C15H15N3O/c1-4-13-16-12-9-7-6-8-11(12)14(19)18(13)17-10-15(17,3)5-2/h2,6-9H,4,10H2,1,3H3/t15-,17?/m1/s1. The van der Waals surface area contributed by atoms with E-state index in [4.69, 9.17) is 6.42 Å². The average molecular weight is 253 g/mol. The number of rotatable bonds is 2. The van der Waals surface area contributed by atoms with E-state index in [0.717, 1.165) is 11.3 Å². The van der Waals surface area contributed by atoms with E-state index >= 15 is 0 Å². The van der Waals surface area contributed by atoms with E-state index < -0.39 is 0 Å². The van der Waals surface area contributed by atoms with Gasteiger partial charge in [0.05, 0.1) is 17.4 Å². The Balaban J connectivity index is 2.28. The number of hydrogen-bond donors (Lipinski definition) is 0. The molecule has 1 aromatic heterocycles. The van der Waals surface area contributed by atoms with Gasteiger partial charge < -0.3 is 0 Å². The number of terminal acetylenes is 1. The molecule has 1 aromatic carbocycles. The lowest BCUT2D eigenvalue weighted by Gasteiger charge is -2.16. The van der Waals surface area contributed by atoms with Crippen molar-refractivity contribution in [3.8, 4) is 12.3 Å². The molecule has 3 rings (SSSR count). The second-order valence-electron chi connectivity index (χ2n) is 4.99. The molecule has 4 heteroatoms. The van der Waals surface area contributed by atoms with Crippen molar-refractivity contribution in [3.05, 3.63) is 40.4 Å². The maximum atomic E-state index is 12.6. The van der Waals surface area contributed by atoms with Crippen molar-refractivity contribution in [1.82, 2.24) is 9.66 Å². The van der Waals surface area contributed by atoms with Crippen LogP contribution in [0, 0.1) is 12.3 Å². The first-order valence-electron chi connectivity index (χ1n) is 6.37.